The fourth-order valence-electron chi connectivity index (χ4n) is 2.10. The predicted molar refractivity (Wildman–Crippen MR) is 82.8 cm³/mol. The first-order chi connectivity index (χ1) is 10.6. The molecule has 0 unspecified atom stereocenters. The predicted octanol–water partition coefficient (Wildman–Crippen LogP) is 3.48. The van der Waals surface area contributed by atoms with Gasteiger partial charge in [-0.25, -0.2) is 9.07 Å². The Bertz CT molecular complexity index is 843. The first kappa shape index (κ1) is 14.3. The summed E-state index contributed by atoms with van der Waals surface area (Å²) in [5, 5.41) is 4.67. The maximum absolute atomic E-state index is 12.9. The number of anilines is 1. The van der Waals surface area contributed by atoms with Gasteiger partial charge in [-0.2, -0.15) is 5.10 Å². The summed E-state index contributed by atoms with van der Waals surface area (Å²) in [4.78, 5) is 12.4. The lowest BCUT2D eigenvalue weighted by Crippen LogP contribution is -2.07. The van der Waals surface area contributed by atoms with Crippen LogP contribution in [0.25, 0.3) is 5.69 Å². The van der Waals surface area contributed by atoms with E-state index in [1.165, 1.54) is 35.1 Å². The van der Waals surface area contributed by atoms with Crippen LogP contribution in [0.2, 0.25) is 5.02 Å². The molecule has 0 saturated heterocycles. The summed E-state index contributed by atoms with van der Waals surface area (Å²) in [5.41, 5.74) is 7.27. The van der Waals surface area contributed by atoms with Crippen molar-refractivity contribution in [3.63, 3.8) is 0 Å². The monoisotopic (exact) mass is 315 g/mol. The molecule has 1 heterocycles. The first-order valence-electron chi connectivity index (χ1n) is 6.46. The summed E-state index contributed by atoms with van der Waals surface area (Å²) in [7, 11) is 0. The van der Waals surface area contributed by atoms with Gasteiger partial charge in [0.2, 0.25) is 0 Å². The molecule has 2 aromatic carbocycles. The van der Waals surface area contributed by atoms with Crippen molar-refractivity contribution in [2.24, 2.45) is 0 Å². The number of benzene rings is 2. The molecule has 3 rings (SSSR count). The highest BCUT2D eigenvalue weighted by Crippen LogP contribution is 2.22. The van der Waals surface area contributed by atoms with Crippen LogP contribution in [0.15, 0.2) is 54.7 Å². The molecule has 1 aromatic heterocycles. The van der Waals surface area contributed by atoms with Crippen molar-refractivity contribution in [3.05, 3.63) is 76.7 Å². The Labute approximate surface area is 130 Å². The molecule has 22 heavy (non-hydrogen) atoms. The van der Waals surface area contributed by atoms with Gasteiger partial charge in [-0.1, -0.05) is 17.7 Å². The Morgan fingerprint density at radius 2 is 1.91 bits per heavy atom. The zero-order chi connectivity index (χ0) is 15.7. The lowest BCUT2D eigenvalue weighted by molar-refractivity contribution is 0.103. The van der Waals surface area contributed by atoms with E-state index in [0.717, 1.165) is 0 Å². The highest BCUT2D eigenvalue weighted by molar-refractivity contribution is 6.30. The summed E-state index contributed by atoms with van der Waals surface area (Å²) in [6, 6.07) is 12.2. The van der Waals surface area contributed by atoms with Crippen molar-refractivity contribution in [2.45, 2.75) is 0 Å². The quantitative estimate of drug-likeness (QED) is 0.753. The Hall–Kier alpha value is -2.66. The topological polar surface area (TPSA) is 60.9 Å². The minimum Gasteiger partial charge on any atom is -0.383 e. The SMILES string of the molecule is Nc1c(C(=O)c2ccc(F)cc2)cnn1-c1cccc(Cl)c1. The number of ketones is 1. The van der Waals surface area contributed by atoms with Crippen LogP contribution in [0, 0.1) is 5.82 Å². The van der Waals surface area contributed by atoms with Crippen molar-refractivity contribution < 1.29 is 9.18 Å². The van der Waals surface area contributed by atoms with Crippen LogP contribution in [-0.4, -0.2) is 15.6 Å². The number of aromatic nitrogens is 2. The average molecular weight is 316 g/mol. The van der Waals surface area contributed by atoms with Gasteiger partial charge < -0.3 is 5.73 Å². The van der Waals surface area contributed by atoms with Crippen LogP contribution in [0.1, 0.15) is 15.9 Å². The van der Waals surface area contributed by atoms with E-state index in [-0.39, 0.29) is 17.2 Å². The third-order valence-electron chi connectivity index (χ3n) is 3.21. The van der Waals surface area contributed by atoms with Crippen LogP contribution in [0.5, 0.6) is 0 Å². The van der Waals surface area contributed by atoms with E-state index in [0.29, 0.717) is 16.3 Å². The van der Waals surface area contributed by atoms with Gasteiger partial charge in [-0.05, 0) is 42.5 Å². The second kappa shape index (κ2) is 5.61. The van der Waals surface area contributed by atoms with Crippen LogP contribution >= 0.6 is 11.6 Å². The first-order valence-corrected chi connectivity index (χ1v) is 6.84. The van der Waals surface area contributed by atoms with E-state index in [1.54, 1.807) is 24.3 Å². The van der Waals surface area contributed by atoms with Crippen molar-refractivity contribution in [2.75, 3.05) is 5.73 Å². The molecule has 0 saturated carbocycles. The van der Waals surface area contributed by atoms with Gasteiger partial charge in [-0.3, -0.25) is 4.79 Å². The molecule has 0 spiro atoms. The number of carbonyl (C=O) groups excluding carboxylic acids is 1. The third kappa shape index (κ3) is 2.58. The van der Waals surface area contributed by atoms with E-state index in [4.69, 9.17) is 17.3 Å². The Balaban J connectivity index is 2.00. The number of carbonyl (C=O) groups is 1. The Morgan fingerprint density at radius 1 is 1.18 bits per heavy atom. The van der Waals surface area contributed by atoms with Gasteiger partial charge in [0, 0.05) is 10.6 Å². The highest BCUT2D eigenvalue weighted by Gasteiger charge is 2.17. The molecule has 110 valence electrons. The molecule has 0 radical (unpaired) electrons. The van der Waals surface area contributed by atoms with E-state index < -0.39 is 5.82 Å². The second-order valence-corrected chi connectivity index (χ2v) is 5.11. The maximum Gasteiger partial charge on any atom is 0.198 e. The van der Waals surface area contributed by atoms with Crippen molar-refractivity contribution in [1.29, 1.82) is 0 Å². The van der Waals surface area contributed by atoms with Gasteiger partial charge in [0.1, 0.15) is 11.6 Å². The molecule has 0 aliphatic heterocycles. The lowest BCUT2D eigenvalue weighted by atomic mass is 10.1. The van der Waals surface area contributed by atoms with Gasteiger partial charge in [0.25, 0.3) is 0 Å². The number of hydrogen-bond donors (Lipinski definition) is 1. The molecule has 0 fully saturated rings. The van der Waals surface area contributed by atoms with E-state index in [9.17, 15) is 9.18 Å². The number of nitrogens with two attached hydrogens (primary N) is 1. The number of rotatable bonds is 3. The maximum atomic E-state index is 12.9. The van der Waals surface area contributed by atoms with Crippen molar-refractivity contribution in [1.82, 2.24) is 9.78 Å². The van der Waals surface area contributed by atoms with Gasteiger partial charge in [-0.15, -0.1) is 0 Å². The molecule has 6 heteroatoms. The van der Waals surface area contributed by atoms with E-state index in [1.807, 2.05) is 0 Å². The van der Waals surface area contributed by atoms with Gasteiger partial charge in [0.15, 0.2) is 5.78 Å². The lowest BCUT2D eigenvalue weighted by Gasteiger charge is -2.05. The van der Waals surface area contributed by atoms with E-state index >= 15 is 0 Å². The molecule has 0 aliphatic carbocycles. The number of nitrogens with zero attached hydrogens (tertiary/aromatic N) is 2. The summed E-state index contributed by atoms with van der Waals surface area (Å²) in [6.07, 6.45) is 1.39. The molecule has 0 atom stereocenters. The minimum atomic E-state index is -0.404. The molecule has 0 aliphatic rings. The van der Waals surface area contributed by atoms with E-state index in [2.05, 4.69) is 5.10 Å². The number of halogens is 2. The zero-order valence-corrected chi connectivity index (χ0v) is 12.1. The summed E-state index contributed by atoms with van der Waals surface area (Å²) < 4.78 is 14.4. The molecular weight excluding hydrogens is 305 g/mol. The normalized spacial score (nSPS) is 10.6. The number of nitrogen functional groups attached to an aromatic ring is 1. The molecule has 0 amide bonds. The second-order valence-electron chi connectivity index (χ2n) is 4.67. The zero-order valence-electron chi connectivity index (χ0n) is 11.3. The van der Waals surface area contributed by atoms with Crippen LogP contribution in [0.4, 0.5) is 10.2 Å². The molecule has 2 N–H and O–H groups in total. The summed E-state index contributed by atoms with van der Waals surface area (Å²) in [5.74, 6) is -0.512. The fourth-order valence-corrected chi connectivity index (χ4v) is 2.29. The standard InChI is InChI=1S/C16H11ClFN3O/c17-11-2-1-3-13(8-11)21-16(19)14(9-20-21)15(22)10-4-6-12(18)7-5-10/h1-9H,19H2. The largest absolute Gasteiger partial charge is 0.383 e. The van der Waals surface area contributed by atoms with Crippen molar-refractivity contribution >= 4 is 23.2 Å². The molecule has 0 bridgehead atoms. The van der Waals surface area contributed by atoms with Crippen LogP contribution in [0.3, 0.4) is 0 Å². The average Bonchev–Trinajstić information content (AvgIpc) is 2.89. The molecule has 4 nitrogen and oxygen atoms in total. The Morgan fingerprint density at radius 3 is 2.59 bits per heavy atom. The fraction of sp³-hybridized carbons (Fsp3) is 0. The summed E-state index contributed by atoms with van der Waals surface area (Å²) >= 11 is 5.94. The third-order valence-corrected chi connectivity index (χ3v) is 3.45. The van der Waals surface area contributed by atoms with Gasteiger partial charge >= 0.3 is 0 Å². The highest BCUT2D eigenvalue weighted by atomic mass is 35.5. The minimum absolute atomic E-state index is 0.205. The Kier molecular flexibility index (Phi) is 3.65. The van der Waals surface area contributed by atoms with Crippen molar-refractivity contribution in [3.8, 4) is 5.69 Å². The van der Waals surface area contributed by atoms with Crippen LogP contribution < -0.4 is 5.73 Å². The molecule has 3 aromatic rings. The van der Waals surface area contributed by atoms with Gasteiger partial charge in [0.05, 0.1) is 17.4 Å². The smallest absolute Gasteiger partial charge is 0.198 e. The summed E-state index contributed by atoms with van der Waals surface area (Å²) in [6.45, 7) is 0. The van der Waals surface area contributed by atoms with Crippen LogP contribution in [-0.2, 0) is 0 Å². The molecular formula is C16H11ClFN3O. The number of hydrogen-bond acceptors (Lipinski definition) is 3.